The molecule has 3 heteroatoms. The normalized spacial score (nSPS) is 16.5. The molecule has 0 fully saturated rings. The van der Waals surface area contributed by atoms with E-state index in [9.17, 15) is 4.79 Å². The highest BCUT2D eigenvalue weighted by Gasteiger charge is 2.24. The zero-order chi connectivity index (χ0) is 9.02. The van der Waals surface area contributed by atoms with E-state index in [4.69, 9.17) is 5.11 Å². The van der Waals surface area contributed by atoms with Crippen molar-refractivity contribution in [2.75, 3.05) is 7.05 Å². The molecule has 0 aliphatic rings. The lowest BCUT2D eigenvalue weighted by atomic mass is 9.92. The SMILES string of the molecule is CNC(C(C)C)C(C)C(=O)O. The Bertz CT molecular complexity index is 134. The molecule has 0 aliphatic heterocycles. The predicted octanol–water partition coefficient (Wildman–Crippen LogP) is 0.951. The maximum Gasteiger partial charge on any atom is 0.307 e. The van der Waals surface area contributed by atoms with Crippen molar-refractivity contribution in [1.82, 2.24) is 5.32 Å². The molecular formula is C8H17NO2. The van der Waals surface area contributed by atoms with Crippen LogP contribution in [0, 0.1) is 11.8 Å². The monoisotopic (exact) mass is 159 g/mol. The molecule has 0 aliphatic carbocycles. The molecule has 0 aromatic rings. The fraction of sp³-hybridized carbons (Fsp3) is 0.875. The van der Waals surface area contributed by atoms with Crippen molar-refractivity contribution < 1.29 is 9.90 Å². The van der Waals surface area contributed by atoms with Gasteiger partial charge in [-0.15, -0.1) is 0 Å². The van der Waals surface area contributed by atoms with Gasteiger partial charge in [-0.25, -0.2) is 0 Å². The van der Waals surface area contributed by atoms with Gasteiger partial charge in [-0.3, -0.25) is 4.79 Å². The lowest BCUT2D eigenvalue weighted by molar-refractivity contribution is -0.142. The molecule has 0 amide bonds. The van der Waals surface area contributed by atoms with Gasteiger partial charge in [0.05, 0.1) is 5.92 Å². The van der Waals surface area contributed by atoms with E-state index < -0.39 is 5.97 Å². The summed E-state index contributed by atoms with van der Waals surface area (Å²) in [4.78, 5) is 10.6. The first-order chi connectivity index (χ1) is 5.00. The van der Waals surface area contributed by atoms with Gasteiger partial charge < -0.3 is 10.4 Å². The summed E-state index contributed by atoms with van der Waals surface area (Å²) in [6, 6.07) is 0.0625. The standard InChI is InChI=1S/C8H17NO2/c1-5(2)7(9-4)6(3)8(10)11/h5-7,9H,1-4H3,(H,10,11). The quantitative estimate of drug-likeness (QED) is 0.642. The van der Waals surface area contributed by atoms with Gasteiger partial charge in [-0.2, -0.15) is 0 Å². The van der Waals surface area contributed by atoms with Gasteiger partial charge in [0.15, 0.2) is 0 Å². The molecule has 2 atom stereocenters. The van der Waals surface area contributed by atoms with Crippen molar-refractivity contribution in [3.8, 4) is 0 Å². The van der Waals surface area contributed by atoms with Gasteiger partial charge in [-0.1, -0.05) is 20.8 Å². The molecule has 2 N–H and O–H groups in total. The smallest absolute Gasteiger partial charge is 0.307 e. The summed E-state index contributed by atoms with van der Waals surface area (Å²) in [7, 11) is 1.80. The summed E-state index contributed by atoms with van der Waals surface area (Å²) < 4.78 is 0. The minimum Gasteiger partial charge on any atom is -0.481 e. The van der Waals surface area contributed by atoms with Gasteiger partial charge in [-0.05, 0) is 13.0 Å². The minimum absolute atomic E-state index is 0.0625. The van der Waals surface area contributed by atoms with Crippen LogP contribution in [0.2, 0.25) is 0 Å². The molecule has 66 valence electrons. The second-order valence-electron chi connectivity index (χ2n) is 3.19. The van der Waals surface area contributed by atoms with Crippen LogP contribution >= 0.6 is 0 Å². The van der Waals surface area contributed by atoms with Crippen molar-refractivity contribution >= 4 is 5.97 Å². The third-order valence-corrected chi connectivity index (χ3v) is 1.98. The minimum atomic E-state index is -0.738. The van der Waals surface area contributed by atoms with Crippen LogP contribution in [0.3, 0.4) is 0 Å². The Morgan fingerprint density at radius 2 is 1.82 bits per heavy atom. The maximum atomic E-state index is 10.6. The average molecular weight is 159 g/mol. The van der Waals surface area contributed by atoms with Crippen LogP contribution in [-0.4, -0.2) is 24.2 Å². The number of aliphatic carboxylic acids is 1. The van der Waals surface area contributed by atoms with E-state index in [1.807, 2.05) is 13.8 Å². The second kappa shape index (κ2) is 4.34. The molecule has 0 aromatic carbocycles. The second-order valence-corrected chi connectivity index (χ2v) is 3.19. The largest absolute Gasteiger partial charge is 0.481 e. The highest BCUT2D eigenvalue weighted by molar-refractivity contribution is 5.70. The zero-order valence-electron chi connectivity index (χ0n) is 7.59. The Morgan fingerprint density at radius 1 is 1.36 bits per heavy atom. The van der Waals surface area contributed by atoms with E-state index >= 15 is 0 Å². The molecule has 0 aromatic heterocycles. The summed E-state index contributed by atoms with van der Waals surface area (Å²) in [6.45, 7) is 5.75. The van der Waals surface area contributed by atoms with Crippen LogP contribution in [0.4, 0.5) is 0 Å². The highest BCUT2D eigenvalue weighted by atomic mass is 16.4. The van der Waals surface area contributed by atoms with Crippen LogP contribution in [0.15, 0.2) is 0 Å². The lowest BCUT2D eigenvalue weighted by Crippen LogP contribution is -2.40. The van der Waals surface area contributed by atoms with Crippen LogP contribution in [0.25, 0.3) is 0 Å². The van der Waals surface area contributed by atoms with E-state index in [0.29, 0.717) is 5.92 Å². The summed E-state index contributed by atoms with van der Waals surface area (Å²) in [5.74, 6) is -0.704. The summed E-state index contributed by atoms with van der Waals surface area (Å²) in [6.07, 6.45) is 0. The number of hydrogen-bond donors (Lipinski definition) is 2. The third kappa shape index (κ3) is 2.89. The molecule has 0 radical (unpaired) electrons. The van der Waals surface area contributed by atoms with Crippen LogP contribution in [0.5, 0.6) is 0 Å². The Labute approximate surface area is 67.8 Å². The number of nitrogens with one attached hydrogen (secondary N) is 1. The molecule has 0 bridgehead atoms. The number of carboxylic acid groups (broad SMARTS) is 1. The first kappa shape index (κ1) is 10.4. The van der Waals surface area contributed by atoms with E-state index in [2.05, 4.69) is 5.32 Å². The van der Waals surface area contributed by atoms with Gasteiger partial charge >= 0.3 is 5.97 Å². The Kier molecular flexibility index (Phi) is 4.11. The van der Waals surface area contributed by atoms with Crippen molar-refractivity contribution in [2.45, 2.75) is 26.8 Å². The molecule has 0 spiro atoms. The first-order valence-corrected chi connectivity index (χ1v) is 3.90. The molecule has 2 unspecified atom stereocenters. The first-order valence-electron chi connectivity index (χ1n) is 3.90. The van der Waals surface area contributed by atoms with Crippen LogP contribution in [-0.2, 0) is 4.79 Å². The lowest BCUT2D eigenvalue weighted by Gasteiger charge is -2.23. The highest BCUT2D eigenvalue weighted by Crippen LogP contribution is 2.11. The van der Waals surface area contributed by atoms with E-state index in [1.165, 1.54) is 0 Å². The maximum absolute atomic E-state index is 10.6. The van der Waals surface area contributed by atoms with Crippen molar-refractivity contribution in [3.05, 3.63) is 0 Å². The topological polar surface area (TPSA) is 49.3 Å². The average Bonchev–Trinajstić information content (AvgIpc) is 1.88. The molecule has 0 saturated carbocycles. The van der Waals surface area contributed by atoms with Crippen molar-refractivity contribution in [2.24, 2.45) is 11.8 Å². The predicted molar refractivity (Wildman–Crippen MR) is 44.5 cm³/mol. The molecule has 0 saturated heterocycles. The number of carboxylic acids is 1. The van der Waals surface area contributed by atoms with Crippen molar-refractivity contribution in [3.63, 3.8) is 0 Å². The third-order valence-electron chi connectivity index (χ3n) is 1.98. The Morgan fingerprint density at radius 3 is 1.91 bits per heavy atom. The summed E-state index contributed by atoms with van der Waals surface area (Å²) in [5.41, 5.74) is 0. The van der Waals surface area contributed by atoms with E-state index in [0.717, 1.165) is 0 Å². The fourth-order valence-electron chi connectivity index (χ4n) is 1.31. The van der Waals surface area contributed by atoms with Gasteiger partial charge in [0.25, 0.3) is 0 Å². The zero-order valence-corrected chi connectivity index (χ0v) is 7.59. The van der Waals surface area contributed by atoms with Gasteiger partial charge in [0.1, 0.15) is 0 Å². The van der Waals surface area contributed by atoms with Crippen LogP contribution < -0.4 is 5.32 Å². The Balaban J connectivity index is 4.13. The number of hydrogen-bond acceptors (Lipinski definition) is 2. The molecule has 0 rings (SSSR count). The van der Waals surface area contributed by atoms with Crippen molar-refractivity contribution in [1.29, 1.82) is 0 Å². The summed E-state index contributed by atoms with van der Waals surface area (Å²) in [5, 5.41) is 11.7. The molecule has 0 heterocycles. The Hall–Kier alpha value is -0.570. The fourth-order valence-corrected chi connectivity index (χ4v) is 1.31. The summed E-state index contributed by atoms with van der Waals surface area (Å²) >= 11 is 0. The van der Waals surface area contributed by atoms with E-state index in [1.54, 1.807) is 14.0 Å². The van der Waals surface area contributed by atoms with Gasteiger partial charge in [0.2, 0.25) is 0 Å². The van der Waals surface area contributed by atoms with E-state index in [-0.39, 0.29) is 12.0 Å². The van der Waals surface area contributed by atoms with Gasteiger partial charge in [0, 0.05) is 6.04 Å². The number of rotatable bonds is 4. The molecule has 11 heavy (non-hydrogen) atoms. The number of carbonyl (C=O) groups is 1. The molecule has 3 nitrogen and oxygen atoms in total. The van der Waals surface area contributed by atoms with Crippen LogP contribution in [0.1, 0.15) is 20.8 Å². The molecular weight excluding hydrogens is 142 g/mol.